The first-order valence-electron chi connectivity index (χ1n) is 8.69. The lowest BCUT2D eigenvalue weighted by Crippen LogP contribution is -2.35. The number of hydrogen-bond donors (Lipinski definition) is 1. The van der Waals surface area contributed by atoms with Crippen LogP contribution in [-0.2, 0) is 0 Å². The molecule has 3 rings (SSSR count). The molecule has 2 aromatic heterocycles. The standard InChI is InChI=1S/C17H27N5O/c1-4-14(9-23)22-11-20-15-16(18-10-19-17(15)22)21-7-5-13(6-8-21)12(2)3/h10-14,23H,4-9H2,1-3H3. The van der Waals surface area contributed by atoms with E-state index in [0.717, 1.165) is 48.3 Å². The molecule has 1 unspecified atom stereocenters. The van der Waals surface area contributed by atoms with Crippen molar-refractivity contribution in [2.24, 2.45) is 11.8 Å². The minimum atomic E-state index is 0.0226. The molecule has 1 fully saturated rings. The lowest BCUT2D eigenvalue weighted by molar-refractivity contribution is 0.226. The third-order valence-electron chi connectivity index (χ3n) is 5.20. The first-order valence-corrected chi connectivity index (χ1v) is 8.69. The largest absolute Gasteiger partial charge is 0.394 e. The number of aliphatic hydroxyl groups is 1. The van der Waals surface area contributed by atoms with Crippen molar-refractivity contribution in [3.8, 4) is 0 Å². The van der Waals surface area contributed by atoms with E-state index >= 15 is 0 Å². The smallest absolute Gasteiger partial charge is 0.165 e. The normalized spacial score (nSPS) is 18.0. The Morgan fingerprint density at radius 2 is 1.96 bits per heavy atom. The average Bonchev–Trinajstić information content (AvgIpc) is 3.00. The number of fused-ring (bicyclic) bond motifs is 1. The van der Waals surface area contributed by atoms with Gasteiger partial charge in [0.2, 0.25) is 0 Å². The van der Waals surface area contributed by atoms with E-state index in [-0.39, 0.29) is 12.6 Å². The fourth-order valence-electron chi connectivity index (χ4n) is 3.53. The summed E-state index contributed by atoms with van der Waals surface area (Å²) in [7, 11) is 0. The van der Waals surface area contributed by atoms with Crippen LogP contribution in [0.15, 0.2) is 12.7 Å². The van der Waals surface area contributed by atoms with E-state index < -0.39 is 0 Å². The Morgan fingerprint density at radius 3 is 2.57 bits per heavy atom. The number of aromatic nitrogens is 4. The topological polar surface area (TPSA) is 67.1 Å². The Balaban J connectivity index is 1.88. The van der Waals surface area contributed by atoms with Gasteiger partial charge in [-0.1, -0.05) is 20.8 Å². The molecule has 126 valence electrons. The highest BCUT2D eigenvalue weighted by Gasteiger charge is 2.25. The second-order valence-corrected chi connectivity index (χ2v) is 6.83. The number of imidazole rings is 1. The quantitative estimate of drug-likeness (QED) is 0.918. The summed E-state index contributed by atoms with van der Waals surface area (Å²) in [5.74, 6) is 2.49. The molecule has 0 spiro atoms. The van der Waals surface area contributed by atoms with Crippen molar-refractivity contribution < 1.29 is 5.11 Å². The van der Waals surface area contributed by atoms with Crippen LogP contribution in [0.25, 0.3) is 11.2 Å². The Morgan fingerprint density at radius 1 is 1.22 bits per heavy atom. The molecule has 0 amide bonds. The summed E-state index contributed by atoms with van der Waals surface area (Å²) in [5, 5.41) is 9.55. The van der Waals surface area contributed by atoms with Crippen LogP contribution in [0.2, 0.25) is 0 Å². The van der Waals surface area contributed by atoms with Crippen LogP contribution in [-0.4, -0.2) is 44.3 Å². The number of anilines is 1. The molecule has 0 saturated carbocycles. The molecule has 2 aromatic rings. The number of hydrogen-bond acceptors (Lipinski definition) is 5. The fourth-order valence-corrected chi connectivity index (χ4v) is 3.53. The van der Waals surface area contributed by atoms with E-state index in [2.05, 4.69) is 40.6 Å². The maximum Gasteiger partial charge on any atom is 0.165 e. The summed E-state index contributed by atoms with van der Waals surface area (Å²) in [6.07, 6.45) is 6.67. The zero-order valence-corrected chi connectivity index (χ0v) is 14.3. The highest BCUT2D eigenvalue weighted by atomic mass is 16.3. The van der Waals surface area contributed by atoms with Gasteiger partial charge in [-0.05, 0) is 31.1 Å². The Labute approximate surface area is 137 Å². The molecule has 6 heteroatoms. The maximum absolute atomic E-state index is 9.55. The molecule has 6 nitrogen and oxygen atoms in total. The SMILES string of the molecule is CCC(CO)n1cnc2c(N3CCC(C(C)C)CC3)ncnc21. The van der Waals surface area contributed by atoms with Crippen LogP contribution < -0.4 is 4.90 Å². The van der Waals surface area contributed by atoms with Gasteiger partial charge in [0.05, 0.1) is 19.0 Å². The Kier molecular flexibility index (Phi) is 4.80. The number of aliphatic hydroxyl groups excluding tert-OH is 1. The average molecular weight is 317 g/mol. The summed E-state index contributed by atoms with van der Waals surface area (Å²) in [4.78, 5) is 15.8. The van der Waals surface area contributed by atoms with Crippen molar-refractivity contribution in [2.45, 2.75) is 46.1 Å². The highest BCUT2D eigenvalue weighted by molar-refractivity contribution is 5.83. The molecule has 0 radical (unpaired) electrons. The van der Waals surface area contributed by atoms with Gasteiger partial charge in [0.25, 0.3) is 0 Å². The zero-order valence-electron chi connectivity index (χ0n) is 14.3. The summed E-state index contributed by atoms with van der Waals surface area (Å²) < 4.78 is 1.97. The van der Waals surface area contributed by atoms with Gasteiger partial charge in [-0.15, -0.1) is 0 Å². The van der Waals surface area contributed by atoms with Crippen LogP contribution in [0.5, 0.6) is 0 Å². The molecular formula is C17H27N5O. The molecule has 1 aliphatic heterocycles. The number of piperidine rings is 1. The van der Waals surface area contributed by atoms with E-state index in [4.69, 9.17) is 0 Å². The van der Waals surface area contributed by atoms with Crippen LogP contribution in [0, 0.1) is 11.8 Å². The third kappa shape index (κ3) is 3.04. The molecule has 1 aliphatic rings. The van der Waals surface area contributed by atoms with Crippen molar-refractivity contribution >= 4 is 17.0 Å². The minimum Gasteiger partial charge on any atom is -0.394 e. The second kappa shape index (κ2) is 6.83. The predicted molar refractivity (Wildman–Crippen MR) is 91.5 cm³/mol. The van der Waals surface area contributed by atoms with E-state index in [1.807, 2.05) is 4.57 Å². The van der Waals surface area contributed by atoms with Crippen molar-refractivity contribution in [1.82, 2.24) is 19.5 Å². The van der Waals surface area contributed by atoms with E-state index in [9.17, 15) is 5.11 Å². The van der Waals surface area contributed by atoms with Gasteiger partial charge in [0.1, 0.15) is 6.33 Å². The first-order chi connectivity index (χ1) is 11.2. The summed E-state index contributed by atoms with van der Waals surface area (Å²) in [5.41, 5.74) is 1.67. The van der Waals surface area contributed by atoms with Gasteiger partial charge in [-0.2, -0.15) is 0 Å². The third-order valence-corrected chi connectivity index (χ3v) is 5.20. The van der Waals surface area contributed by atoms with E-state index in [0.29, 0.717) is 0 Å². The summed E-state index contributed by atoms with van der Waals surface area (Å²) >= 11 is 0. The second-order valence-electron chi connectivity index (χ2n) is 6.83. The van der Waals surface area contributed by atoms with Gasteiger partial charge in [0.15, 0.2) is 17.0 Å². The molecular weight excluding hydrogens is 290 g/mol. The molecule has 23 heavy (non-hydrogen) atoms. The van der Waals surface area contributed by atoms with Gasteiger partial charge in [-0.25, -0.2) is 15.0 Å². The minimum absolute atomic E-state index is 0.0226. The van der Waals surface area contributed by atoms with Gasteiger partial charge < -0.3 is 14.6 Å². The van der Waals surface area contributed by atoms with Crippen LogP contribution in [0.3, 0.4) is 0 Å². The van der Waals surface area contributed by atoms with Gasteiger partial charge >= 0.3 is 0 Å². The number of rotatable bonds is 5. The summed E-state index contributed by atoms with van der Waals surface area (Å²) in [6.45, 7) is 8.83. The fraction of sp³-hybridized carbons (Fsp3) is 0.706. The van der Waals surface area contributed by atoms with E-state index in [1.165, 1.54) is 12.8 Å². The van der Waals surface area contributed by atoms with Crippen molar-refractivity contribution in [2.75, 3.05) is 24.6 Å². The molecule has 0 bridgehead atoms. The first kappa shape index (κ1) is 16.2. The van der Waals surface area contributed by atoms with Crippen molar-refractivity contribution in [3.05, 3.63) is 12.7 Å². The van der Waals surface area contributed by atoms with Crippen molar-refractivity contribution in [1.29, 1.82) is 0 Å². The Bertz CT molecular complexity index is 641. The number of nitrogens with zero attached hydrogens (tertiary/aromatic N) is 5. The maximum atomic E-state index is 9.55. The lowest BCUT2D eigenvalue weighted by Gasteiger charge is -2.34. The molecule has 0 aromatic carbocycles. The van der Waals surface area contributed by atoms with Gasteiger partial charge in [-0.3, -0.25) is 0 Å². The van der Waals surface area contributed by atoms with Crippen LogP contribution in [0.4, 0.5) is 5.82 Å². The molecule has 1 N–H and O–H groups in total. The predicted octanol–water partition coefficient (Wildman–Crippen LogP) is 2.64. The zero-order chi connectivity index (χ0) is 16.4. The molecule has 3 heterocycles. The molecule has 1 saturated heterocycles. The van der Waals surface area contributed by atoms with Crippen LogP contribution >= 0.6 is 0 Å². The molecule has 1 atom stereocenters. The van der Waals surface area contributed by atoms with Crippen LogP contribution in [0.1, 0.15) is 46.1 Å². The molecule has 0 aliphatic carbocycles. The van der Waals surface area contributed by atoms with Gasteiger partial charge in [0, 0.05) is 13.1 Å². The van der Waals surface area contributed by atoms with Crippen molar-refractivity contribution in [3.63, 3.8) is 0 Å². The monoisotopic (exact) mass is 317 g/mol. The summed E-state index contributed by atoms with van der Waals surface area (Å²) in [6, 6.07) is 0.0226. The Hall–Kier alpha value is -1.69. The van der Waals surface area contributed by atoms with E-state index in [1.54, 1.807) is 12.7 Å². The lowest BCUT2D eigenvalue weighted by atomic mass is 9.87. The highest BCUT2D eigenvalue weighted by Crippen LogP contribution is 2.30.